The van der Waals surface area contributed by atoms with E-state index in [0.717, 1.165) is 0 Å². The first-order valence-electron chi connectivity index (χ1n) is 6.99. The molecule has 0 spiro atoms. The van der Waals surface area contributed by atoms with Gasteiger partial charge in [-0.25, -0.2) is 9.97 Å². The third-order valence-corrected chi connectivity index (χ3v) is 3.31. The predicted molar refractivity (Wildman–Crippen MR) is 92.4 cm³/mol. The van der Waals surface area contributed by atoms with Gasteiger partial charge in [0.2, 0.25) is 5.95 Å². The fourth-order valence-electron chi connectivity index (χ4n) is 1.88. The number of nitrogens with one attached hydrogen (secondary N) is 2. The zero-order valence-corrected chi connectivity index (χ0v) is 14.1. The van der Waals surface area contributed by atoms with Gasteiger partial charge in [0, 0.05) is 24.9 Å². The Kier molecular flexibility index (Phi) is 5.97. The fraction of sp³-hybridized carbons (Fsp3) is 0.188. The van der Waals surface area contributed by atoms with Crippen LogP contribution in [0.4, 0.5) is 11.6 Å². The van der Waals surface area contributed by atoms with Gasteiger partial charge in [-0.1, -0.05) is 17.7 Å². The van der Waals surface area contributed by atoms with Crippen molar-refractivity contribution < 1.29 is 14.3 Å². The summed E-state index contributed by atoms with van der Waals surface area (Å²) in [5.41, 5.74) is 0.789. The highest BCUT2D eigenvalue weighted by Gasteiger charge is 2.13. The summed E-state index contributed by atoms with van der Waals surface area (Å²) in [4.78, 5) is 20.2. The van der Waals surface area contributed by atoms with Crippen LogP contribution in [0.5, 0.6) is 11.5 Å². The lowest BCUT2D eigenvalue weighted by molar-refractivity contribution is 0.0953. The molecule has 1 aromatic heterocycles. The van der Waals surface area contributed by atoms with Crippen molar-refractivity contribution in [2.75, 3.05) is 26.1 Å². The van der Waals surface area contributed by atoms with Gasteiger partial charge in [-0.05, 0) is 6.07 Å². The Morgan fingerprint density at radius 2 is 2.08 bits per heavy atom. The minimum Gasteiger partial charge on any atom is -0.495 e. The largest absolute Gasteiger partial charge is 0.495 e. The van der Waals surface area contributed by atoms with Gasteiger partial charge in [-0.2, -0.15) is 0 Å². The number of methoxy groups -OCH3 is 2. The van der Waals surface area contributed by atoms with E-state index >= 15 is 0 Å². The van der Waals surface area contributed by atoms with Crippen LogP contribution < -0.4 is 20.1 Å². The van der Waals surface area contributed by atoms with E-state index < -0.39 is 0 Å². The number of hydrogen-bond acceptors (Lipinski definition) is 6. The molecule has 0 unspecified atom stereocenters. The molecule has 0 radical (unpaired) electrons. The summed E-state index contributed by atoms with van der Waals surface area (Å²) in [7, 11) is 3.03. The Bertz CT molecular complexity index is 752. The number of hydrogen-bond donors (Lipinski definition) is 2. The highest BCUT2D eigenvalue weighted by molar-refractivity contribution is 6.32. The monoisotopic (exact) mass is 348 g/mol. The van der Waals surface area contributed by atoms with E-state index in [4.69, 9.17) is 21.1 Å². The van der Waals surface area contributed by atoms with Crippen molar-refractivity contribution >= 4 is 29.1 Å². The van der Waals surface area contributed by atoms with Crippen molar-refractivity contribution in [3.63, 3.8) is 0 Å². The topological polar surface area (TPSA) is 85.4 Å². The van der Waals surface area contributed by atoms with Crippen molar-refractivity contribution in [1.82, 2.24) is 15.3 Å². The number of anilines is 2. The van der Waals surface area contributed by atoms with Gasteiger partial charge in [-0.3, -0.25) is 4.79 Å². The SMILES string of the molecule is C=CCNC(=O)c1ccnc(Nc2cc(OC)c(Cl)cc2OC)n1. The first kappa shape index (κ1) is 17.6. The van der Waals surface area contributed by atoms with E-state index in [1.54, 1.807) is 18.2 Å². The van der Waals surface area contributed by atoms with Gasteiger partial charge < -0.3 is 20.1 Å². The molecule has 0 atom stereocenters. The summed E-state index contributed by atoms with van der Waals surface area (Å²) in [6.07, 6.45) is 3.07. The molecule has 1 heterocycles. The summed E-state index contributed by atoms with van der Waals surface area (Å²) in [5, 5.41) is 6.06. The lowest BCUT2D eigenvalue weighted by Crippen LogP contribution is -2.24. The molecule has 24 heavy (non-hydrogen) atoms. The highest BCUT2D eigenvalue weighted by atomic mass is 35.5. The molecular weight excluding hydrogens is 332 g/mol. The Balaban J connectivity index is 2.28. The van der Waals surface area contributed by atoms with Crippen molar-refractivity contribution in [3.8, 4) is 11.5 Å². The third kappa shape index (κ3) is 4.14. The Labute approximate surface area is 144 Å². The quantitative estimate of drug-likeness (QED) is 0.748. The third-order valence-electron chi connectivity index (χ3n) is 3.02. The van der Waals surface area contributed by atoms with Crippen molar-refractivity contribution in [1.29, 1.82) is 0 Å². The number of ether oxygens (including phenoxy) is 2. The second-order valence-electron chi connectivity index (χ2n) is 4.58. The molecule has 8 heteroatoms. The highest BCUT2D eigenvalue weighted by Crippen LogP contribution is 2.36. The average molecular weight is 349 g/mol. The Morgan fingerprint density at radius 3 is 2.75 bits per heavy atom. The maximum atomic E-state index is 11.9. The molecular formula is C16H17ClN4O3. The number of carbonyl (C=O) groups is 1. The van der Waals surface area contributed by atoms with Gasteiger partial charge in [0.1, 0.15) is 17.2 Å². The molecule has 1 amide bonds. The summed E-state index contributed by atoms with van der Waals surface area (Å²) in [6.45, 7) is 3.90. The predicted octanol–water partition coefficient (Wildman–Crippen LogP) is 2.81. The molecule has 0 fully saturated rings. The molecule has 0 saturated carbocycles. The number of aromatic nitrogens is 2. The van der Waals surface area contributed by atoms with Gasteiger partial charge in [0.05, 0.1) is 24.9 Å². The first-order chi connectivity index (χ1) is 11.6. The lowest BCUT2D eigenvalue weighted by atomic mass is 10.2. The lowest BCUT2D eigenvalue weighted by Gasteiger charge is -2.13. The second kappa shape index (κ2) is 8.16. The average Bonchev–Trinajstić information content (AvgIpc) is 2.60. The van der Waals surface area contributed by atoms with Crippen LogP contribution in [0, 0.1) is 0 Å². The van der Waals surface area contributed by atoms with Crippen LogP contribution in [0.1, 0.15) is 10.5 Å². The van der Waals surface area contributed by atoms with Crippen LogP contribution in [-0.2, 0) is 0 Å². The molecule has 1 aromatic carbocycles. The van der Waals surface area contributed by atoms with Crippen LogP contribution in [0.25, 0.3) is 0 Å². The molecule has 2 rings (SSSR count). The Morgan fingerprint density at radius 1 is 1.33 bits per heavy atom. The molecule has 0 saturated heterocycles. The molecule has 0 aliphatic rings. The summed E-state index contributed by atoms with van der Waals surface area (Å²) < 4.78 is 10.5. The van der Waals surface area contributed by atoms with E-state index in [9.17, 15) is 4.79 Å². The van der Waals surface area contributed by atoms with Crippen LogP contribution in [0.15, 0.2) is 37.1 Å². The van der Waals surface area contributed by atoms with Crippen LogP contribution in [0.3, 0.4) is 0 Å². The molecule has 0 bridgehead atoms. The summed E-state index contributed by atoms with van der Waals surface area (Å²) in [6, 6.07) is 4.79. The van der Waals surface area contributed by atoms with E-state index in [0.29, 0.717) is 28.8 Å². The van der Waals surface area contributed by atoms with Crippen LogP contribution >= 0.6 is 11.6 Å². The number of halogens is 1. The fourth-order valence-corrected chi connectivity index (χ4v) is 2.11. The van der Waals surface area contributed by atoms with Crippen LogP contribution in [-0.4, -0.2) is 36.6 Å². The zero-order chi connectivity index (χ0) is 17.5. The number of rotatable bonds is 7. The van der Waals surface area contributed by atoms with Crippen LogP contribution in [0.2, 0.25) is 5.02 Å². The molecule has 2 N–H and O–H groups in total. The summed E-state index contributed by atoms with van der Waals surface area (Å²) in [5.74, 6) is 0.885. The number of carbonyl (C=O) groups excluding carboxylic acids is 1. The molecule has 2 aromatic rings. The maximum absolute atomic E-state index is 11.9. The normalized spacial score (nSPS) is 9.96. The zero-order valence-electron chi connectivity index (χ0n) is 13.3. The minimum atomic E-state index is -0.319. The number of amides is 1. The first-order valence-corrected chi connectivity index (χ1v) is 7.37. The van der Waals surface area contributed by atoms with Crippen molar-refractivity contribution in [2.24, 2.45) is 0 Å². The van der Waals surface area contributed by atoms with Gasteiger partial charge in [0.15, 0.2) is 0 Å². The Hall–Kier alpha value is -2.80. The molecule has 0 aliphatic heterocycles. The van der Waals surface area contributed by atoms with Gasteiger partial charge in [-0.15, -0.1) is 6.58 Å². The van der Waals surface area contributed by atoms with E-state index in [2.05, 4.69) is 27.2 Å². The molecule has 126 valence electrons. The second-order valence-corrected chi connectivity index (χ2v) is 4.98. The summed E-state index contributed by atoms with van der Waals surface area (Å²) >= 11 is 6.07. The molecule has 7 nitrogen and oxygen atoms in total. The van der Waals surface area contributed by atoms with Gasteiger partial charge in [0.25, 0.3) is 5.91 Å². The smallest absolute Gasteiger partial charge is 0.270 e. The van der Waals surface area contributed by atoms with Crippen molar-refractivity contribution in [3.05, 3.63) is 47.8 Å². The van der Waals surface area contributed by atoms with E-state index in [-0.39, 0.29) is 17.5 Å². The maximum Gasteiger partial charge on any atom is 0.270 e. The van der Waals surface area contributed by atoms with E-state index in [1.807, 2.05) is 0 Å². The van der Waals surface area contributed by atoms with E-state index in [1.165, 1.54) is 26.5 Å². The minimum absolute atomic E-state index is 0.231. The number of nitrogens with zero attached hydrogens (tertiary/aromatic N) is 2. The van der Waals surface area contributed by atoms with Gasteiger partial charge >= 0.3 is 0 Å². The number of benzene rings is 1. The standard InChI is InChI=1S/C16H17ClN4O3/c1-4-6-18-15(22)11-5-7-19-16(20-11)21-12-9-13(23-2)10(17)8-14(12)24-3/h4-5,7-9H,1,6H2,2-3H3,(H,18,22)(H,19,20,21). The van der Waals surface area contributed by atoms with Crippen molar-refractivity contribution in [2.45, 2.75) is 0 Å². The molecule has 0 aliphatic carbocycles.